The molecule has 0 bridgehead atoms. The second-order valence-corrected chi connectivity index (χ2v) is 4.66. The lowest BCUT2D eigenvalue weighted by atomic mass is 10.1. The van der Waals surface area contributed by atoms with Crippen molar-refractivity contribution in [3.63, 3.8) is 0 Å². The van der Waals surface area contributed by atoms with Crippen LogP contribution in [-0.2, 0) is 12.8 Å². The van der Waals surface area contributed by atoms with Gasteiger partial charge in [0.15, 0.2) is 5.82 Å². The number of benzene rings is 1. The average molecular weight is 243 g/mol. The number of nitrogens with one attached hydrogen (secondary N) is 1. The lowest BCUT2D eigenvalue weighted by Crippen LogP contribution is -2.16. The lowest BCUT2D eigenvalue weighted by Gasteiger charge is -2.04. The molecular weight excluding hydrogens is 226 g/mol. The monoisotopic (exact) mass is 243 g/mol. The Kier molecular flexibility index (Phi) is 3.32. The minimum Gasteiger partial charge on any atom is -0.314 e. The molecular formula is C13H17N5. The molecule has 2 heterocycles. The van der Waals surface area contributed by atoms with E-state index in [-0.39, 0.29) is 0 Å². The second kappa shape index (κ2) is 5.27. The normalized spacial score (nSPS) is 19.2. The number of hydrogen-bond donors (Lipinski definition) is 1. The van der Waals surface area contributed by atoms with Gasteiger partial charge >= 0.3 is 0 Å². The molecule has 1 fully saturated rings. The summed E-state index contributed by atoms with van der Waals surface area (Å²) in [5.41, 5.74) is 1.32. The quantitative estimate of drug-likeness (QED) is 0.870. The van der Waals surface area contributed by atoms with Crippen molar-refractivity contribution < 1.29 is 0 Å². The molecule has 1 aliphatic rings. The van der Waals surface area contributed by atoms with Gasteiger partial charge in [0.2, 0.25) is 0 Å². The molecule has 0 amide bonds. The first-order chi connectivity index (χ1) is 8.92. The maximum atomic E-state index is 4.46. The molecule has 1 saturated heterocycles. The maximum Gasteiger partial charge on any atom is 0.175 e. The molecule has 18 heavy (non-hydrogen) atoms. The van der Waals surface area contributed by atoms with Gasteiger partial charge in [0, 0.05) is 13.0 Å². The molecule has 3 rings (SSSR count). The SMILES string of the molecule is c1ccc(CCc2nnn(C3CCNC3)n2)cc1. The van der Waals surface area contributed by atoms with Crippen LogP contribution in [0.4, 0.5) is 0 Å². The van der Waals surface area contributed by atoms with Crippen LogP contribution in [0.3, 0.4) is 0 Å². The number of aromatic nitrogens is 4. The first-order valence-electron chi connectivity index (χ1n) is 6.45. The van der Waals surface area contributed by atoms with Gasteiger partial charge in [0.25, 0.3) is 0 Å². The van der Waals surface area contributed by atoms with Crippen molar-refractivity contribution in [1.29, 1.82) is 0 Å². The molecule has 94 valence electrons. The molecule has 1 aromatic carbocycles. The fraction of sp³-hybridized carbons (Fsp3) is 0.462. The first-order valence-corrected chi connectivity index (χ1v) is 6.45. The van der Waals surface area contributed by atoms with Gasteiger partial charge < -0.3 is 5.32 Å². The van der Waals surface area contributed by atoms with Gasteiger partial charge in [-0.1, -0.05) is 30.3 Å². The van der Waals surface area contributed by atoms with Crippen molar-refractivity contribution in [3.8, 4) is 0 Å². The Bertz CT molecular complexity index is 487. The highest BCUT2D eigenvalue weighted by atomic mass is 15.6. The molecule has 5 heteroatoms. The van der Waals surface area contributed by atoms with Crippen molar-refractivity contribution >= 4 is 0 Å². The summed E-state index contributed by atoms with van der Waals surface area (Å²) in [5, 5.41) is 16.0. The standard InChI is InChI=1S/C13H17N5/c1-2-4-11(5-3-1)6-7-13-15-17-18(16-13)12-8-9-14-10-12/h1-5,12,14H,6-10H2. The Morgan fingerprint density at radius 1 is 1.22 bits per heavy atom. The van der Waals surface area contributed by atoms with Crippen LogP contribution < -0.4 is 5.32 Å². The van der Waals surface area contributed by atoms with Crippen LogP contribution >= 0.6 is 0 Å². The van der Waals surface area contributed by atoms with E-state index in [2.05, 4.69) is 45.0 Å². The van der Waals surface area contributed by atoms with Crippen molar-refractivity contribution in [2.75, 3.05) is 13.1 Å². The smallest absolute Gasteiger partial charge is 0.175 e. The summed E-state index contributed by atoms with van der Waals surface area (Å²) >= 11 is 0. The number of rotatable bonds is 4. The highest BCUT2D eigenvalue weighted by molar-refractivity contribution is 5.15. The molecule has 5 nitrogen and oxygen atoms in total. The lowest BCUT2D eigenvalue weighted by molar-refractivity contribution is 0.422. The average Bonchev–Trinajstić information content (AvgIpc) is 3.08. The van der Waals surface area contributed by atoms with Crippen LogP contribution in [0.1, 0.15) is 23.9 Å². The van der Waals surface area contributed by atoms with E-state index in [1.54, 1.807) is 4.80 Å². The van der Waals surface area contributed by atoms with Crippen molar-refractivity contribution in [1.82, 2.24) is 25.5 Å². The first kappa shape index (κ1) is 11.3. The highest BCUT2D eigenvalue weighted by Crippen LogP contribution is 2.11. The molecule has 1 aromatic heterocycles. The van der Waals surface area contributed by atoms with Gasteiger partial charge in [-0.05, 0) is 30.2 Å². The summed E-state index contributed by atoms with van der Waals surface area (Å²) in [4.78, 5) is 1.76. The van der Waals surface area contributed by atoms with Gasteiger partial charge in [-0.25, -0.2) is 0 Å². The largest absolute Gasteiger partial charge is 0.314 e. The van der Waals surface area contributed by atoms with E-state index in [9.17, 15) is 0 Å². The highest BCUT2D eigenvalue weighted by Gasteiger charge is 2.18. The molecule has 0 radical (unpaired) electrons. The van der Waals surface area contributed by atoms with Crippen LogP contribution in [0.25, 0.3) is 0 Å². The minimum absolute atomic E-state index is 0.378. The molecule has 1 aliphatic heterocycles. The number of hydrogen-bond acceptors (Lipinski definition) is 4. The number of nitrogens with zero attached hydrogens (tertiary/aromatic N) is 4. The summed E-state index contributed by atoms with van der Waals surface area (Å²) in [6.45, 7) is 2.00. The minimum atomic E-state index is 0.378. The number of tetrazole rings is 1. The Balaban J connectivity index is 1.60. The van der Waals surface area contributed by atoms with Crippen LogP contribution in [0.5, 0.6) is 0 Å². The third kappa shape index (κ3) is 2.56. The van der Waals surface area contributed by atoms with E-state index >= 15 is 0 Å². The zero-order valence-corrected chi connectivity index (χ0v) is 10.3. The van der Waals surface area contributed by atoms with Gasteiger partial charge in [-0.2, -0.15) is 4.80 Å². The zero-order valence-electron chi connectivity index (χ0n) is 10.3. The molecule has 0 saturated carbocycles. The Morgan fingerprint density at radius 3 is 2.89 bits per heavy atom. The summed E-state index contributed by atoms with van der Waals surface area (Å²) in [5.74, 6) is 0.839. The van der Waals surface area contributed by atoms with Crippen molar-refractivity contribution in [2.45, 2.75) is 25.3 Å². The molecule has 2 aromatic rings. The molecule has 0 spiro atoms. The van der Waals surface area contributed by atoms with Gasteiger partial charge in [-0.3, -0.25) is 0 Å². The molecule has 1 N–H and O–H groups in total. The fourth-order valence-corrected chi connectivity index (χ4v) is 2.25. The van der Waals surface area contributed by atoms with Crippen LogP contribution in [0.15, 0.2) is 30.3 Å². The molecule has 1 unspecified atom stereocenters. The van der Waals surface area contributed by atoms with E-state index in [1.165, 1.54) is 5.56 Å². The van der Waals surface area contributed by atoms with Crippen molar-refractivity contribution in [2.24, 2.45) is 0 Å². The fourth-order valence-electron chi connectivity index (χ4n) is 2.25. The number of aryl methyl sites for hydroxylation is 2. The molecule has 1 atom stereocenters. The third-order valence-corrected chi connectivity index (χ3v) is 3.31. The third-order valence-electron chi connectivity index (χ3n) is 3.31. The van der Waals surface area contributed by atoms with Crippen LogP contribution in [0.2, 0.25) is 0 Å². The van der Waals surface area contributed by atoms with Gasteiger partial charge in [-0.15, -0.1) is 10.2 Å². The van der Waals surface area contributed by atoms with Crippen LogP contribution in [0, 0.1) is 0 Å². The van der Waals surface area contributed by atoms with E-state index in [0.717, 1.165) is 38.2 Å². The second-order valence-electron chi connectivity index (χ2n) is 4.66. The van der Waals surface area contributed by atoms with Gasteiger partial charge in [0.1, 0.15) is 0 Å². The van der Waals surface area contributed by atoms with Gasteiger partial charge in [0.05, 0.1) is 6.04 Å². The maximum absolute atomic E-state index is 4.46. The van der Waals surface area contributed by atoms with Crippen molar-refractivity contribution in [3.05, 3.63) is 41.7 Å². The Labute approximate surface area is 106 Å². The summed E-state index contributed by atoms with van der Waals surface area (Å²) in [6.07, 6.45) is 2.91. The van der Waals surface area contributed by atoms with E-state index in [1.807, 2.05) is 6.07 Å². The summed E-state index contributed by atoms with van der Waals surface area (Å²) in [7, 11) is 0. The Hall–Kier alpha value is -1.75. The Morgan fingerprint density at radius 2 is 2.11 bits per heavy atom. The van der Waals surface area contributed by atoms with Crippen LogP contribution in [-0.4, -0.2) is 33.3 Å². The van der Waals surface area contributed by atoms with E-state index in [0.29, 0.717) is 6.04 Å². The van der Waals surface area contributed by atoms with E-state index < -0.39 is 0 Å². The summed E-state index contributed by atoms with van der Waals surface area (Å²) in [6, 6.07) is 10.8. The topological polar surface area (TPSA) is 55.6 Å². The summed E-state index contributed by atoms with van der Waals surface area (Å²) < 4.78 is 0. The predicted molar refractivity (Wildman–Crippen MR) is 68.2 cm³/mol. The zero-order chi connectivity index (χ0) is 12.2. The predicted octanol–water partition coefficient (Wildman–Crippen LogP) is 0.993. The molecule has 0 aliphatic carbocycles. The van der Waals surface area contributed by atoms with E-state index in [4.69, 9.17) is 0 Å².